The lowest BCUT2D eigenvalue weighted by molar-refractivity contribution is 0.0784. The summed E-state index contributed by atoms with van der Waals surface area (Å²) in [5.41, 5.74) is 1.50. The van der Waals surface area contributed by atoms with Crippen LogP contribution < -0.4 is 4.90 Å². The average molecular weight is 394 g/mol. The second kappa shape index (κ2) is 8.23. The van der Waals surface area contributed by atoms with Crippen LogP contribution in [0.3, 0.4) is 0 Å². The molecule has 1 fully saturated rings. The van der Waals surface area contributed by atoms with Crippen LogP contribution in [0.2, 0.25) is 5.02 Å². The maximum atomic E-state index is 14.6. The third kappa shape index (κ3) is 4.57. The number of halogens is 3. The minimum absolute atomic E-state index is 0.0101. The highest BCUT2D eigenvalue weighted by Gasteiger charge is 2.20. The molecule has 7 heteroatoms. The van der Waals surface area contributed by atoms with Crippen LogP contribution >= 0.6 is 11.6 Å². The van der Waals surface area contributed by atoms with Gasteiger partial charge >= 0.3 is 0 Å². The zero-order valence-electron chi connectivity index (χ0n) is 15.4. The minimum Gasteiger partial charge on any atom is -0.367 e. The number of anilines is 1. The van der Waals surface area contributed by atoms with E-state index in [1.165, 1.54) is 23.1 Å². The topological polar surface area (TPSA) is 26.8 Å². The van der Waals surface area contributed by atoms with E-state index in [2.05, 4.69) is 4.90 Å². The number of carbonyl (C=O) groups is 1. The van der Waals surface area contributed by atoms with Crippen molar-refractivity contribution in [3.63, 3.8) is 0 Å². The van der Waals surface area contributed by atoms with Gasteiger partial charge in [0.2, 0.25) is 0 Å². The first-order valence-electron chi connectivity index (χ1n) is 8.77. The fraction of sp³-hybridized carbons (Fsp3) is 0.350. The van der Waals surface area contributed by atoms with E-state index in [1.807, 2.05) is 11.9 Å². The highest BCUT2D eigenvalue weighted by atomic mass is 35.5. The first-order valence-corrected chi connectivity index (χ1v) is 9.15. The molecule has 27 heavy (non-hydrogen) atoms. The lowest BCUT2D eigenvalue weighted by Gasteiger charge is -2.34. The number of hydrogen-bond donors (Lipinski definition) is 0. The Morgan fingerprint density at radius 1 is 1.07 bits per heavy atom. The van der Waals surface area contributed by atoms with Gasteiger partial charge in [0.15, 0.2) is 0 Å². The maximum absolute atomic E-state index is 14.6. The Labute approximate surface area is 162 Å². The Balaban J connectivity index is 1.70. The number of rotatable bonds is 4. The van der Waals surface area contributed by atoms with Crippen molar-refractivity contribution in [3.8, 4) is 0 Å². The molecule has 2 aromatic rings. The number of likely N-dealkylation sites (N-methyl/N-ethyl adjacent to an activating group) is 1. The molecule has 144 valence electrons. The minimum atomic E-state index is -0.504. The Hall–Kier alpha value is -2.18. The number of piperazine rings is 1. The van der Waals surface area contributed by atoms with E-state index in [1.54, 1.807) is 25.2 Å². The van der Waals surface area contributed by atoms with Crippen molar-refractivity contribution in [2.45, 2.75) is 6.54 Å². The van der Waals surface area contributed by atoms with Crippen LogP contribution in [0.1, 0.15) is 15.9 Å². The number of hydrogen-bond acceptors (Lipinski definition) is 3. The molecule has 0 aliphatic carbocycles. The number of benzene rings is 2. The molecule has 0 saturated carbocycles. The van der Waals surface area contributed by atoms with Crippen LogP contribution in [0.15, 0.2) is 36.4 Å². The molecule has 1 saturated heterocycles. The van der Waals surface area contributed by atoms with Crippen molar-refractivity contribution in [1.29, 1.82) is 0 Å². The van der Waals surface area contributed by atoms with Crippen molar-refractivity contribution < 1.29 is 13.6 Å². The van der Waals surface area contributed by atoms with Crippen molar-refractivity contribution in [3.05, 3.63) is 64.2 Å². The lowest BCUT2D eigenvalue weighted by atomic mass is 10.1. The molecule has 4 nitrogen and oxygen atoms in total. The smallest absolute Gasteiger partial charge is 0.254 e. The summed E-state index contributed by atoms with van der Waals surface area (Å²) < 4.78 is 27.9. The van der Waals surface area contributed by atoms with Gasteiger partial charge < -0.3 is 14.7 Å². The highest BCUT2D eigenvalue weighted by molar-refractivity contribution is 6.30. The summed E-state index contributed by atoms with van der Waals surface area (Å²) in [5.74, 6) is -1.21. The van der Waals surface area contributed by atoms with Crippen molar-refractivity contribution >= 4 is 23.2 Å². The summed E-state index contributed by atoms with van der Waals surface area (Å²) in [6.07, 6.45) is 0. The molecule has 0 radical (unpaired) electrons. The predicted octanol–water partition coefficient (Wildman–Crippen LogP) is 3.64. The van der Waals surface area contributed by atoms with Crippen LogP contribution in [0.4, 0.5) is 14.5 Å². The summed E-state index contributed by atoms with van der Waals surface area (Å²) in [6, 6.07) is 8.91. The molecule has 3 rings (SSSR count). The summed E-state index contributed by atoms with van der Waals surface area (Å²) >= 11 is 5.78. The molecule has 1 amide bonds. The first-order chi connectivity index (χ1) is 12.8. The van der Waals surface area contributed by atoms with Gasteiger partial charge in [-0.25, -0.2) is 8.78 Å². The van der Waals surface area contributed by atoms with Crippen LogP contribution in [0.25, 0.3) is 0 Å². The van der Waals surface area contributed by atoms with E-state index >= 15 is 0 Å². The molecule has 0 spiro atoms. The molecule has 0 unspecified atom stereocenters. The Kier molecular flexibility index (Phi) is 5.97. The van der Waals surface area contributed by atoms with Crippen LogP contribution in [-0.2, 0) is 6.54 Å². The van der Waals surface area contributed by atoms with E-state index in [-0.39, 0.29) is 23.0 Å². The molecule has 0 bridgehead atoms. The van der Waals surface area contributed by atoms with Gasteiger partial charge in [-0.15, -0.1) is 0 Å². The SMILES string of the molecule is CN1CCN(c2ccc(C(=O)N(C)Cc3ccc(F)c(Cl)c3)cc2F)CC1. The van der Waals surface area contributed by atoms with Gasteiger partial charge in [0.05, 0.1) is 10.7 Å². The van der Waals surface area contributed by atoms with Crippen molar-refractivity contribution in [2.75, 3.05) is 45.2 Å². The number of carbonyl (C=O) groups excluding carboxylic acids is 1. The quantitative estimate of drug-likeness (QED) is 0.793. The van der Waals surface area contributed by atoms with Crippen LogP contribution in [0, 0.1) is 11.6 Å². The van der Waals surface area contributed by atoms with Gasteiger partial charge in [0.1, 0.15) is 11.6 Å². The van der Waals surface area contributed by atoms with Crippen LogP contribution in [-0.4, -0.2) is 56.0 Å². The van der Waals surface area contributed by atoms with E-state index in [9.17, 15) is 13.6 Å². The largest absolute Gasteiger partial charge is 0.367 e. The average Bonchev–Trinajstić information content (AvgIpc) is 2.65. The standard InChI is InChI=1S/C20H22ClF2N3O/c1-24-7-9-26(10-8-24)19-6-4-15(12-18(19)23)20(27)25(2)13-14-3-5-17(22)16(21)11-14/h3-6,11-12H,7-10,13H2,1-2H3. The highest BCUT2D eigenvalue weighted by Crippen LogP contribution is 2.23. The van der Waals surface area contributed by atoms with E-state index in [0.717, 1.165) is 26.2 Å². The Bertz CT molecular complexity index is 838. The zero-order valence-corrected chi connectivity index (χ0v) is 16.1. The van der Waals surface area contributed by atoms with Gasteiger partial charge in [0, 0.05) is 45.3 Å². The maximum Gasteiger partial charge on any atom is 0.254 e. The summed E-state index contributed by atoms with van der Waals surface area (Å²) in [6.45, 7) is 3.52. The monoisotopic (exact) mass is 393 g/mol. The van der Waals surface area contributed by atoms with E-state index < -0.39 is 11.6 Å². The third-order valence-electron chi connectivity index (χ3n) is 4.79. The van der Waals surface area contributed by atoms with E-state index in [0.29, 0.717) is 11.3 Å². The van der Waals surface area contributed by atoms with Crippen molar-refractivity contribution in [2.24, 2.45) is 0 Å². The van der Waals surface area contributed by atoms with Gasteiger partial charge in [-0.3, -0.25) is 4.79 Å². The number of nitrogens with zero attached hydrogens (tertiary/aromatic N) is 3. The molecule has 0 aromatic heterocycles. The normalized spacial score (nSPS) is 15.1. The molecule has 2 aromatic carbocycles. The molecular weight excluding hydrogens is 372 g/mol. The molecule has 0 atom stereocenters. The Morgan fingerprint density at radius 3 is 2.41 bits per heavy atom. The molecule has 1 aliphatic rings. The lowest BCUT2D eigenvalue weighted by Crippen LogP contribution is -2.44. The van der Waals surface area contributed by atoms with Gasteiger partial charge in [-0.05, 0) is 42.9 Å². The number of amides is 1. The second-order valence-electron chi connectivity index (χ2n) is 6.87. The predicted molar refractivity (Wildman–Crippen MR) is 103 cm³/mol. The van der Waals surface area contributed by atoms with Crippen LogP contribution in [0.5, 0.6) is 0 Å². The fourth-order valence-corrected chi connectivity index (χ4v) is 3.35. The zero-order chi connectivity index (χ0) is 19.6. The van der Waals surface area contributed by atoms with Crippen molar-refractivity contribution in [1.82, 2.24) is 9.80 Å². The molecule has 1 aliphatic heterocycles. The van der Waals surface area contributed by atoms with Gasteiger partial charge in [0.25, 0.3) is 5.91 Å². The molecule has 1 heterocycles. The molecule has 0 N–H and O–H groups in total. The fourth-order valence-electron chi connectivity index (χ4n) is 3.15. The van der Waals surface area contributed by atoms with Gasteiger partial charge in [-0.1, -0.05) is 17.7 Å². The van der Waals surface area contributed by atoms with E-state index in [4.69, 9.17) is 11.6 Å². The summed E-state index contributed by atoms with van der Waals surface area (Å²) in [4.78, 5) is 18.3. The first kappa shape index (κ1) is 19.6. The Morgan fingerprint density at radius 2 is 1.78 bits per heavy atom. The third-order valence-corrected chi connectivity index (χ3v) is 5.08. The second-order valence-corrected chi connectivity index (χ2v) is 7.27. The summed E-state index contributed by atoms with van der Waals surface area (Å²) in [5, 5.41) is 0.0101. The molecular formula is C20H22ClF2N3O. The summed E-state index contributed by atoms with van der Waals surface area (Å²) in [7, 11) is 3.66. The van der Waals surface area contributed by atoms with Gasteiger partial charge in [-0.2, -0.15) is 0 Å².